The van der Waals surface area contributed by atoms with Gasteiger partial charge in [-0.2, -0.15) is 0 Å². The third kappa shape index (κ3) is 9.02. The number of rotatable bonds is 12. The maximum absolute atomic E-state index is 11.8. The number of anilines is 1. The second kappa shape index (κ2) is 11.9. The van der Waals surface area contributed by atoms with E-state index < -0.39 is 29.8 Å². The van der Waals surface area contributed by atoms with Gasteiger partial charge in [-0.25, -0.2) is 4.84 Å². The molecule has 1 rings (SSSR count). The first-order chi connectivity index (χ1) is 12.8. The fraction of sp³-hybridized carbons (Fsp3) is 0.412. The van der Waals surface area contributed by atoms with Crippen molar-refractivity contribution in [2.24, 2.45) is 5.92 Å². The molecule has 9 nitrogen and oxygen atoms in total. The van der Waals surface area contributed by atoms with E-state index in [4.69, 9.17) is 22.0 Å². The second-order valence-electron chi connectivity index (χ2n) is 5.85. The lowest BCUT2D eigenvalue weighted by Gasteiger charge is -2.16. The Morgan fingerprint density at radius 2 is 1.67 bits per heavy atom. The molecule has 2 atom stereocenters. The van der Waals surface area contributed by atoms with Gasteiger partial charge in [0.25, 0.3) is 0 Å². The van der Waals surface area contributed by atoms with Crippen LogP contribution in [0.4, 0.5) is 5.69 Å². The van der Waals surface area contributed by atoms with Crippen molar-refractivity contribution in [1.29, 1.82) is 0 Å². The van der Waals surface area contributed by atoms with E-state index in [-0.39, 0.29) is 38.1 Å². The summed E-state index contributed by atoms with van der Waals surface area (Å²) in [5.74, 6) is -4.14. The minimum Gasteiger partial charge on any atom is -0.481 e. The van der Waals surface area contributed by atoms with Crippen LogP contribution in [0.5, 0.6) is 0 Å². The van der Waals surface area contributed by atoms with E-state index in [0.29, 0.717) is 5.69 Å². The Hall–Kier alpha value is -2.65. The molecule has 148 valence electrons. The average molecular weight is 400 g/mol. The van der Waals surface area contributed by atoms with E-state index in [1.54, 1.807) is 24.3 Å². The molecular formula is C17H22ClN3O6. The SMILES string of the molecule is O=C(CCC[C@H](CC(NCl)C(=O)O)C(=O)O)NCC(=O)Nc1ccccc1. The van der Waals surface area contributed by atoms with Gasteiger partial charge in [0.2, 0.25) is 11.8 Å². The number of benzene rings is 1. The number of hydrogen-bond donors (Lipinski definition) is 5. The van der Waals surface area contributed by atoms with Gasteiger partial charge in [0, 0.05) is 12.1 Å². The lowest BCUT2D eigenvalue weighted by molar-refractivity contribution is -0.144. The molecule has 0 saturated carbocycles. The van der Waals surface area contributed by atoms with Crippen LogP contribution in [0.15, 0.2) is 30.3 Å². The first-order valence-electron chi connectivity index (χ1n) is 8.26. The fourth-order valence-corrected chi connectivity index (χ4v) is 2.50. The Morgan fingerprint density at radius 3 is 2.22 bits per heavy atom. The molecule has 0 heterocycles. The second-order valence-corrected chi connectivity index (χ2v) is 6.07. The molecule has 0 aliphatic heterocycles. The predicted octanol–water partition coefficient (Wildman–Crippen LogP) is 1.20. The predicted molar refractivity (Wildman–Crippen MR) is 98.1 cm³/mol. The molecule has 0 aliphatic rings. The minimum atomic E-state index is -1.25. The summed E-state index contributed by atoms with van der Waals surface area (Å²) < 4.78 is 0. The lowest BCUT2D eigenvalue weighted by Crippen LogP contribution is -2.35. The third-order valence-corrected chi connectivity index (χ3v) is 4.02. The van der Waals surface area contributed by atoms with E-state index in [2.05, 4.69) is 10.6 Å². The number of carbonyl (C=O) groups is 4. The number of carboxylic acid groups (broad SMARTS) is 2. The standard InChI is InChI=1S/C17H22ClN3O6/c18-21-13(17(26)27)9-11(16(24)25)5-4-8-14(22)19-10-15(23)20-12-6-2-1-3-7-12/h1-3,6-7,11,13,21H,4-5,8-10H2,(H,19,22)(H,20,23)(H,24,25)(H,26,27)/t11-,13?/m1/s1. The molecule has 1 aromatic carbocycles. The summed E-state index contributed by atoms with van der Waals surface area (Å²) in [5, 5.41) is 23.1. The topological polar surface area (TPSA) is 145 Å². The van der Waals surface area contributed by atoms with Gasteiger partial charge in [0.1, 0.15) is 6.04 Å². The first-order valence-corrected chi connectivity index (χ1v) is 8.64. The average Bonchev–Trinajstić information content (AvgIpc) is 2.63. The van der Waals surface area contributed by atoms with Crippen molar-refractivity contribution in [3.05, 3.63) is 30.3 Å². The van der Waals surface area contributed by atoms with Gasteiger partial charge in [-0.15, -0.1) is 0 Å². The highest BCUT2D eigenvalue weighted by molar-refractivity contribution is 6.14. The Labute approximate surface area is 161 Å². The number of hydrogen-bond acceptors (Lipinski definition) is 5. The normalized spacial score (nSPS) is 12.6. The van der Waals surface area contributed by atoms with Crippen molar-refractivity contribution in [1.82, 2.24) is 10.2 Å². The van der Waals surface area contributed by atoms with E-state index in [1.165, 1.54) is 0 Å². The van der Waals surface area contributed by atoms with Crippen molar-refractivity contribution in [2.75, 3.05) is 11.9 Å². The number of nitrogens with one attached hydrogen (secondary N) is 3. The molecule has 10 heteroatoms. The molecule has 27 heavy (non-hydrogen) atoms. The molecule has 1 aromatic rings. The van der Waals surface area contributed by atoms with Crippen LogP contribution in [-0.4, -0.2) is 46.6 Å². The van der Waals surface area contributed by atoms with E-state index in [0.717, 1.165) is 0 Å². The van der Waals surface area contributed by atoms with Crippen LogP contribution in [0.3, 0.4) is 0 Å². The van der Waals surface area contributed by atoms with Crippen LogP contribution in [0.25, 0.3) is 0 Å². The van der Waals surface area contributed by atoms with Crippen molar-refractivity contribution < 1.29 is 29.4 Å². The summed E-state index contributed by atoms with van der Waals surface area (Å²) in [4.78, 5) is 47.7. The molecule has 2 amide bonds. The van der Waals surface area contributed by atoms with Gasteiger partial charge in [-0.3, -0.25) is 19.2 Å². The van der Waals surface area contributed by atoms with Crippen molar-refractivity contribution >= 4 is 41.2 Å². The van der Waals surface area contributed by atoms with E-state index in [9.17, 15) is 19.2 Å². The van der Waals surface area contributed by atoms with E-state index in [1.807, 2.05) is 10.9 Å². The molecule has 5 N–H and O–H groups in total. The number of carboxylic acids is 2. The van der Waals surface area contributed by atoms with Crippen LogP contribution in [0.2, 0.25) is 0 Å². The molecule has 0 fully saturated rings. The van der Waals surface area contributed by atoms with Crippen LogP contribution < -0.4 is 15.5 Å². The highest BCUT2D eigenvalue weighted by atomic mass is 35.5. The largest absolute Gasteiger partial charge is 0.481 e. The van der Waals surface area contributed by atoms with E-state index >= 15 is 0 Å². The summed E-state index contributed by atoms with van der Waals surface area (Å²) in [6.07, 6.45) is 0.169. The molecule has 1 unspecified atom stereocenters. The Balaban J connectivity index is 2.32. The molecule has 0 aromatic heterocycles. The first kappa shape index (κ1) is 22.4. The zero-order chi connectivity index (χ0) is 20.2. The molecule has 0 bridgehead atoms. The molecular weight excluding hydrogens is 378 g/mol. The summed E-state index contributed by atoms with van der Waals surface area (Å²) in [7, 11) is 0. The monoisotopic (exact) mass is 399 g/mol. The number of halogens is 1. The van der Waals surface area contributed by atoms with Crippen molar-refractivity contribution in [3.63, 3.8) is 0 Å². The maximum Gasteiger partial charge on any atom is 0.321 e. The Kier molecular flexibility index (Phi) is 9.84. The van der Waals surface area contributed by atoms with Gasteiger partial charge in [-0.05, 0) is 43.2 Å². The van der Waals surface area contributed by atoms with Crippen LogP contribution in [0.1, 0.15) is 25.7 Å². The number of carbonyl (C=O) groups excluding carboxylic acids is 2. The van der Waals surface area contributed by atoms with Crippen LogP contribution in [0, 0.1) is 5.92 Å². The van der Waals surface area contributed by atoms with Gasteiger partial charge in [-0.1, -0.05) is 18.2 Å². The molecule has 0 saturated heterocycles. The van der Waals surface area contributed by atoms with Gasteiger partial charge < -0.3 is 20.8 Å². The van der Waals surface area contributed by atoms with Gasteiger partial charge in [0.15, 0.2) is 0 Å². The van der Waals surface area contributed by atoms with Crippen LogP contribution in [-0.2, 0) is 19.2 Å². The van der Waals surface area contributed by atoms with Crippen molar-refractivity contribution in [2.45, 2.75) is 31.7 Å². The Morgan fingerprint density at radius 1 is 1.00 bits per heavy atom. The third-order valence-electron chi connectivity index (χ3n) is 3.76. The molecule has 0 aliphatic carbocycles. The van der Waals surface area contributed by atoms with Gasteiger partial charge in [0.05, 0.1) is 12.5 Å². The number of amides is 2. The smallest absolute Gasteiger partial charge is 0.321 e. The van der Waals surface area contributed by atoms with Crippen LogP contribution >= 0.6 is 11.8 Å². The summed E-state index contributed by atoms with van der Waals surface area (Å²) in [6, 6.07) is 7.58. The minimum absolute atomic E-state index is 0.0223. The molecule has 0 spiro atoms. The lowest BCUT2D eigenvalue weighted by atomic mass is 9.94. The number of aliphatic carboxylic acids is 2. The summed E-state index contributed by atoms with van der Waals surface area (Å²) in [6.45, 7) is -0.201. The quantitative estimate of drug-likeness (QED) is 0.332. The highest BCUT2D eigenvalue weighted by Gasteiger charge is 2.26. The zero-order valence-corrected chi connectivity index (χ0v) is 15.2. The zero-order valence-electron chi connectivity index (χ0n) is 14.5. The van der Waals surface area contributed by atoms with Gasteiger partial charge >= 0.3 is 11.9 Å². The fourth-order valence-electron chi connectivity index (χ4n) is 2.32. The Bertz CT molecular complexity index is 655. The summed E-state index contributed by atoms with van der Waals surface area (Å²) >= 11 is 5.30. The summed E-state index contributed by atoms with van der Waals surface area (Å²) in [5.41, 5.74) is 0.613. The number of para-hydroxylation sites is 1. The highest BCUT2D eigenvalue weighted by Crippen LogP contribution is 2.16. The molecule has 0 radical (unpaired) electrons. The van der Waals surface area contributed by atoms with Crippen molar-refractivity contribution in [3.8, 4) is 0 Å². The maximum atomic E-state index is 11.8.